The standard InChI is InChI=1S/C18H19N3OS/c22-18(15-5-6-17-19-8-9-20(17)12-15)21(16-3-1-2-4-16)11-14-7-10-23-13-14/h5-10,12-13,16H,1-4,11H2. The third-order valence-electron chi connectivity index (χ3n) is 4.60. The van der Waals surface area contributed by atoms with Gasteiger partial charge in [-0.15, -0.1) is 0 Å². The largest absolute Gasteiger partial charge is 0.331 e. The fourth-order valence-corrected chi connectivity index (χ4v) is 4.03. The van der Waals surface area contributed by atoms with E-state index in [4.69, 9.17) is 0 Å². The molecule has 0 unspecified atom stereocenters. The third kappa shape index (κ3) is 2.88. The predicted octanol–water partition coefficient (Wildman–Crippen LogP) is 3.98. The number of amides is 1. The molecule has 4 rings (SSSR count). The number of carbonyl (C=O) groups is 1. The first-order chi connectivity index (χ1) is 11.3. The van der Waals surface area contributed by atoms with Gasteiger partial charge >= 0.3 is 0 Å². The summed E-state index contributed by atoms with van der Waals surface area (Å²) in [7, 11) is 0. The first-order valence-corrected chi connectivity index (χ1v) is 9.00. The maximum atomic E-state index is 13.1. The molecule has 0 radical (unpaired) electrons. The molecule has 3 aromatic rings. The smallest absolute Gasteiger partial charge is 0.255 e. The molecule has 5 heteroatoms. The molecular formula is C18H19N3OS. The van der Waals surface area contributed by atoms with Crippen molar-refractivity contribution in [3.63, 3.8) is 0 Å². The van der Waals surface area contributed by atoms with E-state index >= 15 is 0 Å². The first kappa shape index (κ1) is 14.5. The van der Waals surface area contributed by atoms with Gasteiger partial charge in [-0.05, 0) is 47.4 Å². The van der Waals surface area contributed by atoms with E-state index in [0.29, 0.717) is 12.6 Å². The molecule has 0 bridgehead atoms. The minimum atomic E-state index is 0.124. The van der Waals surface area contributed by atoms with E-state index < -0.39 is 0 Å². The number of pyridine rings is 1. The highest BCUT2D eigenvalue weighted by Crippen LogP contribution is 2.27. The van der Waals surface area contributed by atoms with Crippen molar-refractivity contribution in [2.24, 2.45) is 0 Å². The van der Waals surface area contributed by atoms with Gasteiger partial charge in [-0.3, -0.25) is 4.79 Å². The molecular weight excluding hydrogens is 306 g/mol. The van der Waals surface area contributed by atoms with Crippen LogP contribution in [0.3, 0.4) is 0 Å². The zero-order chi connectivity index (χ0) is 15.6. The molecule has 0 aliphatic heterocycles. The molecule has 1 aliphatic rings. The highest BCUT2D eigenvalue weighted by molar-refractivity contribution is 7.07. The zero-order valence-corrected chi connectivity index (χ0v) is 13.7. The molecule has 0 aromatic carbocycles. The molecule has 4 nitrogen and oxygen atoms in total. The Kier molecular flexibility index (Phi) is 3.87. The lowest BCUT2D eigenvalue weighted by molar-refractivity contribution is 0.0664. The molecule has 1 amide bonds. The van der Waals surface area contributed by atoms with Crippen LogP contribution in [0.25, 0.3) is 5.65 Å². The van der Waals surface area contributed by atoms with Gasteiger partial charge in [-0.1, -0.05) is 12.8 Å². The Labute approximate surface area is 139 Å². The SMILES string of the molecule is O=C(c1ccc2nccn2c1)N(Cc1ccsc1)C1CCCC1. The number of rotatable bonds is 4. The molecule has 3 heterocycles. The van der Waals surface area contributed by atoms with E-state index in [1.54, 1.807) is 17.5 Å². The minimum absolute atomic E-state index is 0.124. The van der Waals surface area contributed by atoms with Gasteiger partial charge in [0.2, 0.25) is 0 Å². The summed E-state index contributed by atoms with van der Waals surface area (Å²) < 4.78 is 1.91. The lowest BCUT2D eigenvalue weighted by atomic mass is 10.1. The summed E-state index contributed by atoms with van der Waals surface area (Å²) in [5.41, 5.74) is 2.82. The quantitative estimate of drug-likeness (QED) is 0.727. The minimum Gasteiger partial charge on any atom is -0.331 e. The predicted molar refractivity (Wildman–Crippen MR) is 91.6 cm³/mol. The van der Waals surface area contributed by atoms with Gasteiger partial charge < -0.3 is 9.30 Å². The van der Waals surface area contributed by atoms with Gasteiger partial charge in [-0.25, -0.2) is 4.98 Å². The average molecular weight is 325 g/mol. The monoisotopic (exact) mass is 325 g/mol. The molecule has 0 spiro atoms. The van der Waals surface area contributed by atoms with E-state index in [1.165, 1.54) is 18.4 Å². The van der Waals surface area contributed by atoms with Crippen molar-refractivity contribution in [1.82, 2.24) is 14.3 Å². The molecule has 118 valence electrons. The summed E-state index contributed by atoms with van der Waals surface area (Å²) in [6.07, 6.45) is 10.2. The average Bonchev–Trinajstić information content (AvgIpc) is 3.33. The Morgan fingerprint density at radius 3 is 2.96 bits per heavy atom. The maximum absolute atomic E-state index is 13.1. The summed E-state index contributed by atoms with van der Waals surface area (Å²) in [6, 6.07) is 6.27. The fraction of sp³-hybridized carbons (Fsp3) is 0.333. The molecule has 1 fully saturated rings. The van der Waals surface area contributed by atoms with Crippen molar-refractivity contribution in [2.45, 2.75) is 38.3 Å². The fourth-order valence-electron chi connectivity index (χ4n) is 3.37. The highest BCUT2D eigenvalue weighted by Gasteiger charge is 2.27. The number of fused-ring (bicyclic) bond motifs is 1. The second kappa shape index (κ2) is 6.16. The van der Waals surface area contributed by atoms with Crippen LogP contribution in [0.1, 0.15) is 41.6 Å². The van der Waals surface area contributed by atoms with E-state index in [0.717, 1.165) is 24.1 Å². The van der Waals surface area contributed by atoms with Gasteiger partial charge in [0, 0.05) is 31.2 Å². The van der Waals surface area contributed by atoms with Crippen LogP contribution in [0.4, 0.5) is 0 Å². The number of aromatic nitrogens is 2. The zero-order valence-electron chi connectivity index (χ0n) is 12.9. The van der Waals surface area contributed by atoms with Crippen LogP contribution in [0, 0.1) is 0 Å². The van der Waals surface area contributed by atoms with Gasteiger partial charge in [0.05, 0.1) is 5.56 Å². The molecule has 23 heavy (non-hydrogen) atoms. The summed E-state index contributed by atoms with van der Waals surface area (Å²) in [6.45, 7) is 0.703. The topological polar surface area (TPSA) is 37.6 Å². The van der Waals surface area contributed by atoms with Crippen molar-refractivity contribution >= 4 is 22.9 Å². The second-order valence-electron chi connectivity index (χ2n) is 6.11. The van der Waals surface area contributed by atoms with Crippen LogP contribution in [-0.2, 0) is 6.54 Å². The molecule has 1 saturated carbocycles. The number of imidazole rings is 1. The van der Waals surface area contributed by atoms with Gasteiger partial charge in [0.1, 0.15) is 5.65 Å². The number of thiophene rings is 1. The third-order valence-corrected chi connectivity index (χ3v) is 5.33. The molecule has 3 aromatic heterocycles. The lowest BCUT2D eigenvalue weighted by Crippen LogP contribution is -2.38. The normalized spacial score (nSPS) is 15.3. The van der Waals surface area contributed by atoms with Crippen LogP contribution < -0.4 is 0 Å². The van der Waals surface area contributed by atoms with Crippen LogP contribution in [0.5, 0.6) is 0 Å². The van der Waals surface area contributed by atoms with E-state index in [9.17, 15) is 4.79 Å². The molecule has 1 aliphatic carbocycles. The molecule has 0 atom stereocenters. The van der Waals surface area contributed by atoms with Crippen molar-refractivity contribution in [1.29, 1.82) is 0 Å². The van der Waals surface area contributed by atoms with Crippen LogP contribution in [0.15, 0.2) is 47.5 Å². The number of nitrogens with zero attached hydrogens (tertiary/aromatic N) is 3. The second-order valence-corrected chi connectivity index (χ2v) is 6.89. The summed E-state index contributed by atoms with van der Waals surface area (Å²) in [5, 5.41) is 4.21. The van der Waals surface area contributed by atoms with Gasteiger partial charge in [0.15, 0.2) is 0 Å². The van der Waals surface area contributed by atoms with E-state index in [1.807, 2.05) is 28.9 Å². The molecule has 0 N–H and O–H groups in total. The number of hydrogen-bond donors (Lipinski definition) is 0. The van der Waals surface area contributed by atoms with Crippen molar-refractivity contribution < 1.29 is 4.79 Å². The van der Waals surface area contributed by atoms with Crippen LogP contribution in [0.2, 0.25) is 0 Å². The molecule has 0 saturated heterocycles. The van der Waals surface area contributed by atoms with Crippen molar-refractivity contribution in [2.75, 3.05) is 0 Å². The van der Waals surface area contributed by atoms with Crippen molar-refractivity contribution in [3.8, 4) is 0 Å². The van der Waals surface area contributed by atoms with Gasteiger partial charge in [0.25, 0.3) is 5.91 Å². The Morgan fingerprint density at radius 1 is 1.30 bits per heavy atom. The Hall–Kier alpha value is -2.14. The number of carbonyl (C=O) groups excluding carboxylic acids is 1. The summed E-state index contributed by atoms with van der Waals surface area (Å²) in [5.74, 6) is 0.124. The Morgan fingerprint density at radius 2 is 2.17 bits per heavy atom. The lowest BCUT2D eigenvalue weighted by Gasteiger charge is -2.29. The van der Waals surface area contributed by atoms with E-state index in [-0.39, 0.29) is 5.91 Å². The summed E-state index contributed by atoms with van der Waals surface area (Å²) in [4.78, 5) is 19.4. The van der Waals surface area contributed by atoms with E-state index in [2.05, 4.69) is 26.7 Å². The maximum Gasteiger partial charge on any atom is 0.255 e. The number of hydrogen-bond acceptors (Lipinski definition) is 3. The van der Waals surface area contributed by atoms with Crippen LogP contribution in [-0.4, -0.2) is 26.2 Å². The highest BCUT2D eigenvalue weighted by atomic mass is 32.1. The first-order valence-electron chi connectivity index (χ1n) is 8.06. The Bertz CT molecular complexity index is 803. The Balaban J connectivity index is 1.64. The van der Waals surface area contributed by atoms with Crippen LogP contribution >= 0.6 is 11.3 Å². The van der Waals surface area contributed by atoms with Crippen molar-refractivity contribution in [3.05, 3.63) is 58.7 Å². The summed E-state index contributed by atoms with van der Waals surface area (Å²) >= 11 is 1.68. The van der Waals surface area contributed by atoms with Gasteiger partial charge in [-0.2, -0.15) is 11.3 Å².